The topological polar surface area (TPSA) is 105 Å². The van der Waals surface area contributed by atoms with Gasteiger partial charge in [0.2, 0.25) is 5.91 Å². The van der Waals surface area contributed by atoms with E-state index in [1.54, 1.807) is 6.08 Å². The first-order chi connectivity index (χ1) is 40.0. The van der Waals surface area contributed by atoms with E-state index in [4.69, 9.17) is 9.05 Å². The van der Waals surface area contributed by atoms with Gasteiger partial charge in [0.15, 0.2) is 0 Å². The van der Waals surface area contributed by atoms with Crippen LogP contribution in [-0.2, 0) is 18.4 Å². The van der Waals surface area contributed by atoms with E-state index in [1.807, 2.05) is 27.2 Å². The van der Waals surface area contributed by atoms with E-state index >= 15 is 0 Å². The monoisotopic (exact) mass is 1170 g/mol. The van der Waals surface area contributed by atoms with Crippen molar-refractivity contribution in [3.8, 4) is 0 Å². The zero-order valence-electron chi connectivity index (χ0n) is 55.5. The molecule has 3 N–H and O–H groups in total. The van der Waals surface area contributed by atoms with Crippen LogP contribution < -0.4 is 5.32 Å². The molecule has 0 aliphatic heterocycles. The second-order valence-corrected chi connectivity index (χ2v) is 27.4. The van der Waals surface area contributed by atoms with Crippen molar-refractivity contribution in [3.63, 3.8) is 0 Å². The van der Waals surface area contributed by atoms with Gasteiger partial charge in [-0.2, -0.15) is 0 Å². The van der Waals surface area contributed by atoms with Crippen LogP contribution >= 0.6 is 7.82 Å². The summed E-state index contributed by atoms with van der Waals surface area (Å²) in [5, 5.41) is 14.0. The lowest BCUT2D eigenvalue weighted by molar-refractivity contribution is -0.870. The number of nitrogens with one attached hydrogen (secondary N) is 1. The van der Waals surface area contributed by atoms with Gasteiger partial charge in [0.1, 0.15) is 13.2 Å². The largest absolute Gasteiger partial charge is 0.472 e. The molecule has 0 heterocycles. The molecule has 3 unspecified atom stereocenters. The summed E-state index contributed by atoms with van der Waals surface area (Å²) in [4.78, 5) is 23.4. The summed E-state index contributed by atoms with van der Waals surface area (Å²) in [7, 11) is 1.58. The third-order valence-corrected chi connectivity index (χ3v) is 17.5. The zero-order chi connectivity index (χ0) is 59.8. The molecule has 0 spiro atoms. The number of aliphatic hydroxyl groups is 1. The number of amides is 1. The molecule has 9 heteroatoms. The zero-order valence-corrected chi connectivity index (χ0v) is 56.4. The van der Waals surface area contributed by atoms with Gasteiger partial charge < -0.3 is 19.8 Å². The number of carbonyl (C=O) groups is 1. The van der Waals surface area contributed by atoms with E-state index in [-0.39, 0.29) is 19.1 Å². The average Bonchev–Trinajstić information content (AvgIpc) is 3.47. The number of hydrogen-bond donors (Lipinski definition) is 3. The highest BCUT2D eigenvalue weighted by molar-refractivity contribution is 7.47. The number of allylic oxidation sites excluding steroid dienone is 7. The Labute approximate surface area is 511 Å². The molecule has 0 aromatic heterocycles. The molecule has 1 amide bonds. The van der Waals surface area contributed by atoms with E-state index in [1.165, 1.54) is 289 Å². The number of rotatable bonds is 67. The van der Waals surface area contributed by atoms with E-state index in [0.717, 1.165) is 51.4 Å². The lowest BCUT2D eigenvalue weighted by atomic mass is 10.0. The van der Waals surface area contributed by atoms with Crippen molar-refractivity contribution >= 4 is 13.7 Å². The first-order valence-electron chi connectivity index (χ1n) is 36.0. The molecule has 8 nitrogen and oxygen atoms in total. The number of aliphatic hydroxyl groups excluding tert-OH is 1. The first kappa shape index (κ1) is 80.5. The number of likely N-dealkylation sites (N-methyl/N-ethyl adjacent to an activating group) is 1. The number of phosphoric ester groups is 1. The fourth-order valence-electron chi connectivity index (χ4n) is 10.9. The molecule has 0 radical (unpaired) electrons. The summed E-state index contributed by atoms with van der Waals surface area (Å²) in [6.45, 7) is 4.86. The predicted molar refractivity (Wildman–Crippen MR) is 360 cm³/mol. The Balaban J connectivity index is 4.05. The van der Waals surface area contributed by atoms with Crippen LogP contribution in [0.3, 0.4) is 0 Å². The van der Waals surface area contributed by atoms with Crippen molar-refractivity contribution in [2.24, 2.45) is 0 Å². The van der Waals surface area contributed by atoms with Crippen LogP contribution in [0.1, 0.15) is 361 Å². The molecule has 3 atom stereocenters. The molecule has 0 rings (SSSR count). The van der Waals surface area contributed by atoms with Crippen LogP contribution in [0.15, 0.2) is 48.6 Å². The summed E-state index contributed by atoms with van der Waals surface area (Å²) >= 11 is 0. The van der Waals surface area contributed by atoms with E-state index < -0.39 is 20.0 Å². The molecule has 0 bridgehead atoms. The summed E-state index contributed by atoms with van der Waals surface area (Å²) in [5.74, 6) is -0.173. The molecule has 0 saturated heterocycles. The number of phosphoric acid groups is 1. The third kappa shape index (κ3) is 66.0. The van der Waals surface area contributed by atoms with Gasteiger partial charge in [-0.3, -0.25) is 13.8 Å². The number of quaternary nitrogens is 1. The van der Waals surface area contributed by atoms with E-state index in [9.17, 15) is 19.4 Å². The summed E-state index contributed by atoms with van der Waals surface area (Å²) < 4.78 is 23.8. The van der Waals surface area contributed by atoms with E-state index in [0.29, 0.717) is 17.4 Å². The van der Waals surface area contributed by atoms with Gasteiger partial charge in [0.05, 0.1) is 39.9 Å². The van der Waals surface area contributed by atoms with Crippen LogP contribution in [0, 0.1) is 0 Å². The maximum atomic E-state index is 13.1. The van der Waals surface area contributed by atoms with Gasteiger partial charge in [0.25, 0.3) is 0 Å². The van der Waals surface area contributed by atoms with Crippen molar-refractivity contribution in [2.45, 2.75) is 373 Å². The molecule has 0 aromatic rings. The molecular weight excluding hydrogens is 1030 g/mol. The van der Waals surface area contributed by atoms with Crippen LogP contribution in [0.5, 0.6) is 0 Å². The maximum Gasteiger partial charge on any atom is 0.472 e. The summed E-state index contributed by atoms with van der Waals surface area (Å²) in [6.07, 6.45) is 86.9. The Morgan fingerprint density at radius 3 is 1.01 bits per heavy atom. The van der Waals surface area contributed by atoms with Gasteiger partial charge in [-0.15, -0.1) is 0 Å². The van der Waals surface area contributed by atoms with Gasteiger partial charge >= 0.3 is 7.82 Å². The smallest absolute Gasteiger partial charge is 0.387 e. The molecule has 0 fully saturated rings. The fraction of sp³-hybridized carbons (Fsp3) is 0.877. The summed E-state index contributed by atoms with van der Waals surface area (Å²) in [5.41, 5.74) is 0. The number of carbonyl (C=O) groups excluding carboxylic acids is 1. The molecular formula is C73H142N2O6P+. The molecule has 0 aromatic carbocycles. The molecule has 0 aliphatic rings. The normalized spacial score (nSPS) is 13.9. The standard InChI is InChI=1S/C73H141N2O6P/c1-6-8-10-12-14-16-18-20-22-24-26-28-30-32-34-36-37-39-40-42-44-46-48-50-52-54-56-58-60-62-64-66-72(76)71(70-81-82(78,79)80-69-68-75(3,4)5)74-73(77)67-65-63-61-59-57-55-53-51-49-47-45-43-41-38-35-33-31-29-27-25-23-21-19-17-15-13-11-9-7-2/h19,21,25,27,31,33,64,66,71-72,76H,6-18,20,22-24,26,28-30,32,34-63,65,67-70H2,1-5H3,(H-,74,77,78,79)/p+1/b21-19-,27-25-,33-31-,66-64+. The highest BCUT2D eigenvalue weighted by atomic mass is 31.2. The summed E-state index contributed by atoms with van der Waals surface area (Å²) in [6, 6.07) is -0.850. The highest BCUT2D eigenvalue weighted by Gasteiger charge is 2.28. The SMILES string of the molecule is CCCCCCC/C=C\C/C=C\C/C=C\CCCCCCCCCCCCCCCCC(=O)NC(COP(=O)(O)OCC[N+](C)(C)C)C(O)/C=C/CCCCCCCCCCCCCCCCCCCCCCCCCCCCCCC. The average molecular weight is 1170 g/mol. The van der Waals surface area contributed by atoms with Gasteiger partial charge in [-0.05, 0) is 57.8 Å². The van der Waals surface area contributed by atoms with Crippen molar-refractivity contribution in [3.05, 3.63) is 48.6 Å². The minimum absolute atomic E-state index is 0.0618. The molecule has 484 valence electrons. The van der Waals surface area contributed by atoms with Gasteiger partial charge in [0, 0.05) is 6.42 Å². The van der Waals surface area contributed by atoms with Crippen LogP contribution in [0.25, 0.3) is 0 Å². The first-order valence-corrected chi connectivity index (χ1v) is 37.5. The van der Waals surface area contributed by atoms with Gasteiger partial charge in [-0.25, -0.2) is 4.57 Å². The number of unbranched alkanes of at least 4 members (excludes halogenated alkanes) is 48. The quantitative estimate of drug-likeness (QED) is 0.0243. The van der Waals surface area contributed by atoms with Crippen molar-refractivity contribution in [1.29, 1.82) is 0 Å². The Hall–Kier alpha value is -1.54. The Morgan fingerprint density at radius 1 is 0.415 bits per heavy atom. The van der Waals surface area contributed by atoms with Crippen LogP contribution in [0.2, 0.25) is 0 Å². The minimum Gasteiger partial charge on any atom is -0.387 e. The Kier molecular flexibility index (Phi) is 62.7. The van der Waals surface area contributed by atoms with Gasteiger partial charge in [-0.1, -0.05) is 345 Å². The lowest BCUT2D eigenvalue weighted by Gasteiger charge is -2.25. The second kappa shape index (κ2) is 63.9. The molecule has 82 heavy (non-hydrogen) atoms. The number of nitrogens with zero attached hydrogens (tertiary/aromatic N) is 1. The highest BCUT2D eigenvalue weighted by Crippen LogP contribution is 2.43. The Bertz CT molecular complexity index is 1480. The third-order valence-electron chi connectivity index (χ3n) is 16.5. The van der Waals surface area contributed by atoms with Crippen molar-refractivity contribution < 1.29 is 32.9 Å². The van der Waals surface area contributed by atoms with Crippen molar-refractivity contribution in [1.82, 2.24) is 5.32 Å². The van der Waals surface area contributed by atoms with Crippen molar-refractivity contribution in [2.75, 3.05) is 40.9 Å². The minimum atomic E-state index is -4.36. The van der Waals surface area contributed by atoms with E-state index in [2.05, 4.69) is 55.6 Å². The number of hydrogen-bond acceptors (Lipinski definition) is 5. The second-order valence-electron chi connectivity index (χ2n) is 26.0. The van der Waals surface area contributed by atoms with Crippen LogP contribution in [-0.4, -0.2) is 73.4 Å². The fourth-order valence-corrected chi connectivity index (χ4v) is 11.7. The van der Waals surface area contributed by atoms with Crippen LogP contribution in [0.4, 0.5) is 0 Å². The predicted octanol–water partition coefficient (Wildman–Crippen LogP) is 23.0. The molecule has 0 saturated carbocycles. The molecule has 0 aliphatic carbocycles. The Morgan fingerprint density at radius 2 is 0.695 bits per heavy atom. The maximum absolute atomic E-state index is 13.1. The lowest BCUT2D eigenvalue weighted by Crippen LogP contribution is -2.45.